The first-order valence-electron chi connectivity index (χ1n) is 7.89. The molecule has 0 spiro atoms. The summed E-state index contributed by atoms with van der Waals surface area (Å²) in [5.41, 5.74) is 3.79. The van der Waals surface area contributed by atoms with Crippen LogP contribution in [0.25, 0.3) is 22.8 Å². The number of benzene rings is 2. The van der Waals surface area contributed by atoms with E-state index in [9.17, 15) is 0 Å². The lowest BCUT2D eigenvalue weighted by molar-refractivity contribution is 0.847. The Morgan fingerprint density at radius 2 is 1.81 bits per heavy atom. The lowest BCUT2D eigenvalue weighted by atomic mass is 10.1. The van der Waals surface area contributed by atoms with Gasteiger partial charge < -0.3 is 5.84 Å². The van der Waals surface area contributed by atoms with E-state index in [2.05, 4.69) is 48.5 Å². The van der Waals surface area contributed by atoms with E-state index >= 15 is 0 Å². The number of nitrogens with one attached hydrogen (secondary N) is 1. The molecule has 0 atom stereocenters. The SMILES string of the molecule is Nn1c(SCc2ccc(Br)cc2)nnc1-c1cc(-c2ccccc2)n[nH]1. The Labute approximate surface area is 162 Å². The molecule has 2 heterocycles. The molecule has 6 nitrogen and oxygen atoms in total. The minimum Gasteiger partial charge on any atom is -0.335 e. The summed E-state index contributed by atoms with van der Waals surface area (Å²) in [6, 6.07) is 20.0. The van der Waals surface area contributed by atoms with Crippen molar-refractivity contribution >= 4 is 27.7 Å². The summed E-state index contributed by atoms with van der Waals surface area (Å²) in [7, 11) is 0. The molecule has 8 heteroatoms. The number of hydrogen-bond acceptors (Lipinski definition) is 5. The van der Waals surface area contributed by atoms with E-state index in [0.29, 0.717) is 11.0 Å². The topological polar surface area (TPSA) is 85.4 Å². The van der Waals surface area contributed by atoms with Crippen LogP contribution in [0.3, 0.4) is 0 Å². The number of aromatic amines is 1. The van der Waals surface area contributed by atoms with Crippen molar-refractivity contribution in [3.63, 3.8) is 0 Å². The summed E-state index contributed by atoms with van der Waals surface area (Å²) in [4.78, 5) is 0. The lowest BCUT2D eigenvalue weighted by Gasteiger charge is -2.03. The highest BCUT2D eigenvalue weighted by Crippen LogP contribution is 2.26. The van der Waals surface area contributed by atoms with Gasteiger partial charge in [-0.15, -0.1) is 10.2 Å². The van der Waals surface area contributed by atoms with Crippen LogP contribution in [0.15, 0.2) is 70.3 Å². The molecule has 130 valence electrons. The van der Waals surface area contributed by atoms with E-state index in [4.69, 9.17) is 5.84 Å². The predicted molar refractivity (Wildman–Crippen MR) is 107 cm³/mol. The molecule has 0 aliphatic heterocycles. The number of nitrogens with zero attached hydrogens (tertiary/aromatic N) is 4. The Bertz CT molecular complexity index is 1010. The number of hydrogen-bond donors (Lipinski definition) is 2. The maximum absolute atomic E-state index is 6.19. The van der Waals surface area contributed by atoms with E-state index < -0.39 is 0 Å². The summed E-state index contributed by atoms with van der Waals surface area (Å²) in [6.07, 6.45) is 0. The largest absolute Gasteiger partial charge is 0.335 e. The zero-order valence-electron chi connectivity index (χ0n) is 13.6. The van der Waals surface area contributed by atoms with Gasteiger partial charge in [0.1, 0.15) is 5.69 Å². The molecule has 0 saturated heterocycles. The molecular formula is C18H15BrN6S. The van der Waals surface area contributed by atoms with Gasteiger partial charge in [-0.3, -0.25) is 5.10 Å². The van der Waals surface area contributed by atoms with Gasteiger partial charge in [0.05, 0.1) is 5.69 Å². The van der Waals surface area contributed by atoms with Crippen LogP contribution in [-0.4, -0.2) is 25.1 Å². The molecule has 3 N–H and O–H groups in total. The van der Waals surface area contributed by atoms with E-state index in [0.717, 1.165) is 27.2 Å². The molecule has 0 amide bonds. The molecule has 26 heavy (non-hydrogen) atoms. The number of H-pyrrole nitrogens is 1. The van der Waals surface area contributed by atoms with E-state index in [1.807, 2.05) is 48.5 Å². The summed E-state index contributed by atoms with van der Waals surface area (Å²) in [5.74, 6) is 7.51. The average Bonchev–Trinajstić information content (AvgIpc) is 3.29. The van der Waals surface area contributed by atoms with Gasteiger partial charge in [-0.1, -0.05) is 70.2 Å². The van der Waals surface area contributed by atoms with Crippen LogP contribution in [-0.2, 0) is 5.75 Å². The third-order valence-corrected chi connectivity index (χ3v) is 5.38. The number of aromatic nitrogens is 5. The van der Waals surface area contributed by atoms with Crippen LogP contribution in [0, 0.1) is 0 Å². The Hall–Kier alpha value is -2.58. The van der Waals surface area contributed by atoms with Gasteiger partial charge in [-0.25, -0.2) is 4.68 Å². The van der Waals surface area contributed by atoms with Crippen LogP contribution >= 0.6 is 27.7 Å². The van der Waals surface area contributed by atoms with Gasteiger partial charge in [0.25, 0.3) is 0 Å². The number of nitrogens with two attached hydrogens (primary N) is 1. The first-order chi connectivity index (χ1) is 12.7. The smallest absolute Gasteiger partial charge is 0.210 e. The minimum atomic E-state index is 0.554. The van der Waals surface area contributed by atoms with Gasteiger partial charge in [0.15, 0.2) is 0 Å². The quantitative estimate of drug-likeness (QED) is 0.370. The Morgan fingerprint density at radius 3 is 2.58 bits per heavy atom. The zero-order chi connectivity index (χ0) is 17.9. The molecule has 0 aliphatic rings. The van der Waals surface area contributed by atoms with Crippen LogP contribution in [0.5, 0.6) is 0 Å². The summed E-state index contributed by atoms with van der Waals surface area (Å²) in [6.45, 7) is 0. The van der Waals surface area contributed by atoms with Crippen molar-refractivity contribution in [2.75, 3.05) is 5.84 Å². The highest BCUT2D eigenvalue weighted by Gasteiger charge is 2.15. The first kappa shape index (κ1) is 16.9. The second-order valence-electron chi connectivity index (χ2n) is 5.62. The third kappa shape index (κ3) is 3.51. The van der Waals surface area contributed by atoms with Crippen LogP contribution in [0.4, 0.5) is 0 Å². The van der Waals surface area contributed by atoms with Crippen LogP contribution in [0.2, 0.25) is 0 Å². The monoisotopic (exact) mass is 426 g/mol. The lowest BCUT2D eigenvalue weighted by Crippen LogP contribution is -2.11. The van der Waals surface area contributed by atoms with Crippen molar-refractivity contribution in [3.8, 4) is 22.8 Å². The Balaban J connectivity index is 1.52. The second-order valence-corrected chi connectivity index (χ2v) is 7.48. The first-order valence-corrected chi connectivity index (χ1v) is 9.67. The molecule has 0 fully saturated rings. The Kier molecular flexibility index (Phi) is 4.77. The highest BCUT2D eigenvalue weighted by atomic mass is 79.9. The molecule has 0 unspecified atom stereocenters. The predicted octanol–water partition coefficient (Wildman–Crippen LogP) is 4.10. The van der Waals surface area contributed by atoms with E-state index in [1.54, 1.807) is 0 Å². The number of rotatable bonds is 5. The van der Waals surface area contributed by atoms with Gasteiger partial charge in [-0.2, -0.15) is 5.10 Å². The number of thioether (sulfide) groups is 1. The van der Waals surface area contributed by atoms with Crippen molar-refractivity contribution in [2.24, 2.45) is 0 Å². The number of nitrogen functional groups attached to an aromatic ring is 1. The molecule has 2 aromatic heterocycles. The Morgan fingerprint density at radius 1 is 1.04 bits per heavy atom. The van der Waals surface area contributed by atoms with Gasteiger partial charge in [-0.05, 0) is 23.8 Å². The van der Waals surface area contributed by atoms with Gasteiger partial charge >= 0.3 is 0 Å². The van der Waals surface area contributed by atoms with Crippen molar-refractivity contribution < 1.29 is 0 Å². The summed E-state index contributed by atoms with van der Waals surface area (Å²) < 4.78 is 2.55. The highest BCUT2D eigenvalue weighted by molar-refractivity contribution is 9.10. The summed E-state index contributed by atoms with van der Waals surface area (Å²) >= 11 is 4.98. The maximum atomic E-state index is 6.19. The van der Waals surface area contributed by atoms with Crippen molar-refractivity contribution in [1.29, 1.82) is 0 Å². The number of halogens is 1. The molecule has 0 saturated carbocycles. The third-order valence-electron chi connectivity index (χ3n) is 3.83. The van der Waals surface area contributed by atoms with E-state index in [1.165, 1.54) is 22.0 Å². The normalized spacial score (nSPS) is 11.0. The van der Waals surface area contributed by atoms with Crippen molar-refractivity contribution in [1.82, 2.24) is 25.1 Å². The van der Waals surface area contributed by atoms with Crippen LogP contribution in [0.1, 0.15) is 5.56 Å². The minimum absolute atomic E-state index is 0.554. The molecule has 2 aromatic carbocycles. The molecule has 4 aromatic rings. The fraction of sp³-hybridized carbons (Fsp3) is 0.0556. The fourth-order valence-corrected chi connectivity index (χ4v) is 3.56. The van der Waals surface area contributed by atoms with Crippen LogP contribution < -0.4 is 5.84 Å². The molecule has 0 bridgehead atoms. The molecular weight excluding hydrogens is 412 g/mol. The second kappa shape index (κ2) is 7.35. The van der Waals surface area contributed by atoms with E-state index in [-0.39, 0.29) is 0 Å². The van der Waals surface area contributed by atoms with Crippen molar-refractivity contribution in [3.05, 3.63) is 70.7 Å². The van der Waals surface area contributed by atoms with Gasteiger partial charge in [0.2, 0.25) is 11.0 Å². The molecule has 4 rings (SSSR count). The average molecular weight is 427 g/mol. The molecule has 0 radical (unpaired) electrons. The van der Waals surface area contributed by atoms with Gasteiger partial charge in [0, 0.05) is 15.8 Å². The van der Waals surface area contributed by atoms with Crippen molar-refractivity contribution in [2.45, 2.75) is 10.9 Å². The zero-order valence-corrected chi connectivity index (χ0v) is 16.0. The molecule has 0 aliphatic carbocycles. The fourth-order valence-electron chi connectivity index (χ4n) is 2.48. The standard InChI is InChI=1S/C18H15BrN6S/c19-14-8-6-12(7-9-14)11-26-18-24-23-17(25(18)20)16-10-15(21-22-16)13-4-2-1-3-5-13/h1-10H,11,20H2,(H,21,22). The summed E-state index contributed by atoms with van der Waals surface area (Å²) in [5, 5.41) is 16.4. The maximum Gasteiger partial charge on any atom is 0.210 e.